The second kappa shape index (κ2) is 14.1. The highest BCUT2D eigenvalue weighted by atomic mass is 19.4. The summed E-state index contributed by atoms with van der Waals surface area (Å²) in [4.78, 5) is 41.8. The summed E-state index contributed by atoms with van der Waals surface area (Å²) in [6.45, 7) is -0.293. The molecule has 2 aliphatic heterocycles. The minimum Gasteiger partial charge on any atom is -0.334 e. The van der Waals surface area contributed by atoms with E-state index in [1.165, 1.54) is 4.90 Å². The van der Waals surface area contributed by atoms with Crippen molar-refractivity contribution >= 4 is 29.3 Å². The lowest BCUT2D eigenvalue weighted by atomic mass is 10.0. The van der Waals surface area contributed by atoms with Gasteiger partial charge in [-0.05, 0) is 68.6 Å². The predicted octanol–water partition coefficient (Wildman–Crippen LogP) is 6.90. The van der Waals surface area contributed by atoms with Gasteiger partial charge in [0.05, 0.1) is 34.3 Å². The molecule has 0 aromatic heterocycles. The maximum Gasteiger partial charge on any atom is 0.416 e. The molecule has 2 fully saturated rings. The molecule has 0 unspecified atom stereocenters. The van der Waals surface area contributed by atoms with Gasteiger partial charge in [0.1, 0.15) is 6.04 Å². The maximum atomic E-state index is 13.6. The van der Waals surface area contributed by atoms with Crippen LogP contribution in [0, 0.1) is 0 Å². The number of piperazine rings is 1. The Morgan fingerprint density at radius 1 is 0.700 bits per heavy atom. The average molecular weight is 737 g/mol. The number of benzene rings is 2. The minimum atomic E-state index is -5.20. The third-order valence-electron chi connectivity index (χ3n) is 7.98. The molecule has 21 heteroatoms. The lowest BCUT2D eigenvalue weighted by molar-refractivity contribution is -0.144. The summed E-state index contributed by atoms with van der Waals surface area (Å²) >= 11 is 0. The van der Waals surface area contributed by atoms with E-state index in [0.29, 0.717) is 30.7 Å². The number of anilines is 2. The van der Waals surface area contributed by atoms with Gasteiger partial charge in [0.15, 0.2) is 0 Å². The Morgan fingerprint density at radius 3 is 1.60 bits per heavy atom. The number of hydrogen-bond donors (Lipinski definition) is 4. The number of nitrogens with one attached hydrogen (secondary N) is 3. The molecular weight excluding hydrogens is 708 g/mol. The second-order valence-electron chi connectivity index (χ2n) is 11.6. The fourth-order valence-corrected chi connectivity index (χ4v) is 5.73. The first-order valence-electron chi connectivity index (χ1n) is 14.7. The lowest BCUT2D eigenvalue weighted by Crippen LogP contribution is -2.62. The van der Waals surface area contributed by atoms with E-state index in [9.17, 15) is 67.1 Å². The van der Waals surface area contributed by atoms with Gasteiger partial charge in [-0.3, -0.25) is 4.79 Å². The number of carbonyl (C=O) groups is 3. The second-order valence-corrected chi connectivity index (χ2v) is 11.6. The number of urea groups is 2. The first kappa shape index (κ1) is 38.4. The Bertz CT molecular complexity index is 1530. The molecule has 2 saturated heterocycles. The summed E-state index contributed by atoms with van der Waals surface area (Å²) in [7, 11) is 0. The van der Waals surface area contributed by atoms with E-state index in [4.69, 9.17) is 5.73 Å². The topological polar surface area (TPSA) is 120 Å². The number of nitrogens with zero attached hydrogens (tertiary/aromatic N) is 2. The van der Waals surface area contributed by atoms with E-state index >= 15 is 0 Å². The van der Waals surface area contributed by atoms with Gasteiger partial charge in [0, 0.05) is 24.5 Å². The van der Waals surface area contributed by atoms with Gasteiger partial charge in [-0.2, -0.15) is 52.7 Å². The van der Waals surface area contributed by atoms with Crippen LogP contribution in [0.4, 0.5) is 73.6 Å². The van der Waals surface area contributed by atoms with E-state index in [0.717, 1.165) is 4.90 Å². The van der Waals surface area contributed by atoms with Crippen LogP contribution in [0.15, 0.2) is 36.4 Å². The molecule has 50 heavy (non-hydrogen) atoms. The molecule has 5 N–H and O–H groups in total. The third kappa shape index (κ3) is 9.21. The van der Waals surface area contributed by atoms with Crippen LogP contribution >= 0.6 is 0 Å². The molecule has 0 saturated carbocycles. The summed E-state index contributed by atoms with van der Waals surface area (Å²) < 4.78 is 159. The van der Waals surface area contributed by atoms with Crippen LogP contribution in [0.3, 0.4) is 0 Å². The van der Waals surface area contributed by atoms with Crippen LogP contribution in [0.2, 0.25) is 0 Å². The number of unbranched alkanes of at least 4 members (excludes halogenated alkanes) is 1. The molecule has 3 atom stereocenters. The molecular formula is C29H28F12N6O3. The molecule has 9 nitrogen and oxygen atoms in total. The van der Waals surface area contributed by atoms with Crippen LogP contribution in [0.25, 0.3) is 0 Å². The molecule has 276 valence electrons. The van der Waals surface area contributed by atoms with Crippen molar-refractivity contribution in [2.75, 3.05) is 30.3 Å². The standard InChI is InChI=1S/C29H28F12N6O3/c30-26(31,32)14-5-15(27(33,34)35)8-18(7-14)43-24(49)44-20-11-21-13-47(22(3-1-2-4-42)23(48)46(21)12-20)25(50)45-19-9-16(28(36,37)38)6-17(10-19)29(39,40)41/h5-10,20-22H,1-4,11-13,42H2,(H,45,50)(H2,43,44,49)/t20-,21+,22-/m1/s1. The lowest BCUT2D eigenvalue weighted by Gasteiger charge is -2.42. The maximum absolute atomic E-state index is 13.6. The third-order valence-corrected chi connectivity index (χ3v) is 7.98. The monoisotopic (exact) mass is 736 g/mol. The van der Waals surface area contributed by atoms with Gasteiger partial charge in [0.2, 0.25) is 5.91 Å². The highest BCUT2D eigenvalue weighted by Gasteiger charge is 2.47. The molecule has 5 amide bonds. The number of hydrogen-bond acceptors (Lipinski definition) is 4. The van der Waals surface area contributed by atoms with E-state index in [1.54, 1.807) is 0 Å². The summed E-state index contributed by atoms with van der Waals surface area (Å²) in [6.07, 6.45) is -20.2. The van der Waals surface area contributed by atoms with Crippen LogP contribution in [0.1, 0.15) is 47.9 Å². The number of carbonyl (C=O) groups excluding carboxylic acids is 3. The first-order valence-corrected chi connectivity index (χ1v) is 14.7. The van der Waals surface area contributed by atoms with Crippen molar-refractivity contribution in [3.8, 4) is 0 Å². The van der Waals surface area contributed by atoms with E-state index in [-0.39, 0.29) is 51.0 Å². The Morgan fingerprint density at radius 2 is 1.16 bits per heavy atom. The van der Waals surface area contributed by atoms with Crippen LogP contribution < -0.4 is 21.7 Å². The highest BCUT2D eigenvalue weighted by Crippen LogP contribution is 2.39. The Balaban J connectivity index is 1.52. The molecule has 0 aliphatic carbocycles. The molecule has 0 spiro atoms. The summed E-state index contributed by atoms with van der Waals surface area (Å²) in [6, 6.07) is -4.50. The van der Waals surface area contributed by atoms with Gasteiger partial charge in [-0.15, -0.1) is 0 Å². The summed E-state index contributed by atoms with van der Waals surface area (Å²) in [5.41, 5.74) is -2.90. The summed E-state index contributed by atoms with van der Waals surface area (Å²) in [5, 5.41) is 6.28. The number of nitrogens with two attached hydrogens (primary N) is 1. The Labute approximate surface area is 275 Å². The predicted molar refractivity (Wildman–Crippen MR) is 151 cm³/mol. The first-order chi connectivity index (χ1) is 23.0. The zero-order valence-corrected chi connectivity index (χ0v) is 25.4. The SMILES string of the molecule is NCCCC[C@@H]1C(=O)N2C[C@H](NC(=O)Nc3cc(C(F)(F)F)cc(C(F)(F)F)c3)C[C@H]2CN1C(=O)Nc1cc(C(F)(F)F)cc(C(F)(F)F)c1. The average Bonchev–Trinajstić information content (AvgIpc) is 3.38. The molecule has 2 heterocycles. The number of alkyl halides is 12. The Kier molecular flexibility index (Phi) is 10.8. The molecule has 2 aromatic carbocycles. The zero-order chi connectivity index (χ0) is 37.4. The van der Waals surface area contributed by atoms with Crippen molar-refractivity contribution in [1.82, 2.24) is 15.1 Å². The molecule has 2 aromatic rings. The highest BCUT2D eigenvalue weighted by molar-refractivity contribution is 5.95. The van der Waals surface area contributed by atoms with E-state index in [2.05, 4.69) is 5.32 Å². The van der Waals surface area contributed by atoms with Crippen LogP contribution in [0.5, 0.6) is 0 Å². The van der Waals surface area contributed by atoms with E-state index < -0.39 is 94.4 Å². The Hall–Kier alpha value is -4.43. The fourth-order valence-electron chi connectivity index (χ4n) is 5.73. The van der Waals surface area contributed by atoms with Gasteiger partial charge < -0.3 is 31.5 Å². The van der Waals surface area contributed by atoms with Gasteiger partial charge >= 0.3 is 36.8 Å². The van der Waals surface area contributed by atoms with Crippen molar-refractivity contribution in [1.29, 1.82) is 0 Å². The van der Waals surface area contributed by atoms with Crippen molar-refractivity contribution < 1.29 is 67.1 Å². The largest absolute Gasteiger partial charge is 0.416 e. The smallest absolute Gasteiger partial charge is 0.334 e. The van der Waals surface area contributed by atoms with Crippen molar-refractivity contribution in [3.63, 3.8) is 0 Å². The van der Waals surface area contributed by atoms with Crippen molar-refractivity contribution in [2.24, 2.45) is 5.73 Å². The van der Waals surface area contributed by atoms with E-state index in [1.807, 2.05) is 10.6 Å². The quantitative estimate of drug-likeness (QED) is 0.183. The van der Waals surface area contributed by atoms with Crippen molar-refractivity contribution in [2.45, 2.75) is 68.5 Å². The normalized spacial score (nSPS) is 20.1. The molecule has 2 aliphatic rings. The molecule has 0 bridgehead atoms. The molecule has 4 rings (SSSR count). The number of rotatable bonds is 7. The molecule has 0 radical (unpaired) electrons. The van der Waals surface area contributed by atoms with Crippen LogP contribution in [-0.2, 0) is 29.5 Å². The van der Waals surface area contributed by atoms with Crippen molar-refractivity contribution in [3.05, 3.63) is 58.7 Å². The summed E-state index contributed by atoms with van der Waals surface area (Å²) in [5.74, 6) is -0.675. The minimum absolute atomic E-state index is 0.00126. The number of amides is 5. The zero-order valence-electron chi connectivity index (χ0n) is 25.4. The van der Waals surface area contributed by atoms with Gasteiger partial charge in [-0.1, -0.05) is 0 Å². The van der Waals surface area contributed by atoms with Gasteiger partial charge in [-0.25, -0.2) is 9.59 Å². The van der Waals surface area contributed by atoms with Gasteiger partial charge in [0.25, 0.3) is 0 Å². The number of halogens is 12. The number of fused-ring (bicyclic) bond motifs is 1. The fraction of sp³-hybridized carbons (Fsp3) is 0.483. The van der Waals surface area contributed by atoms with Crippen LogP contribution in [-0.4, -0.2) is 65.5 Å².